The molecule has 0 aliphatic rings. The van der Waals surface area contributed by atoms with Gasteiger partial charge in [-0.15, -0.1) is 0 Å². The summed E-state index contributed by atoms with van der Waals surface area (Å²) in [5, 5.41) is 23.0. The van der Waals surface area contributed by atoms with Crippen LogP contribution in [-0.2, 0) is 5.41 Å². The third-order valence-electron chi connectivity index (χ3n) is 27.6. The van der Waals surface area contributed by atoms with Crippen molar-refractivity contribution in [2.45, 2.75) is 26.2 Å². The van der Waals surface area contributed by atoms with Gasteiger partial charge in [0, 0.05) is 135 Å². The molecule has 28 aromatic rings. The summed E-state index contributed by atoms with van der Waals surface area (Å²) in [5.41, 5.74) is 32.9. The smallest absolute Gasteiger partial charge is 0.143 e. The molecule has 0 amide bonds. The fourth-order valence-electron chi connectivity index (χ4n) is 21.1. The highest BCUT2D eigenvalue weighted by Crippen LogP contribution is 2.49. The predicted octanol–water partition coefficient (Wildman–Crippen LogP) is 35.0. The average Bonchev–Trinajstić information content (AvgIpc) is 1.74. The zero-order chi connectivity index (χ0) is 90.9. The molecule has 0 saturated carbocycles. The first-order chi connectivity index (χ1) is 67.6. The fourth-order valence-corrected chi connectivity index (χ4v) is 21.1. The van der Waals surface area contributed by atoms with Gasteiger partial charge in [-0.1, -0.05) is 391 Å². The summed E-state index contributed by atoms with van der Waals surface area (Å²) in [6.45, 7) is 6.71. The summed E-state index contributed by atoms with van der Waals surface area (Å²) in [7, 11) is 0. The number of hydrogen-bond acceptors (Lipinski definition) is 9. The first kappa shape index (κ1) is 80.0. The fraction of sp³-hybridized carbons (Fsp3) is 0.0312. The summed E-state index contributed by atoms with van der Waals surface area (Å²) < 4.78 is 20.3. The molecule has 0 radical (unpaired) electrons. The van der Waals surface area contributed by atoms with E-state index in [1.54, 1.807) is 37.2 Å². The molecule has 0 aliphatic carbocycles. The second-order valence-electron chi connectivity index (χ2n) is 36.5. The van der Waals surface area contributed by atoms with Crippen LogP contribution in [0.3, 0.4) is 0 Å². The van der Waals surface area contributed by atoms with Gasteiger partial charge in [0.15, 0.2) is 0 Å². The molecule has 9 nitrogen and oxygen atoms in total. The van der Waals surface area contributed by atoms with E-state index in [1.807, 2.05) is 6.07 Å². The van der Waals surface area contributed by atoms with Crippen molar-refractivity contribution in [2.75, 3.05) is 0 Å². The van der Waals surface area contributed by atoms with E-state index >= 15 is 0 Å². The maximum absolute atomic E-state index is 6.85. The van der Waals surface area contributed by atoms with Crippen molar-refractivity contribution < 1.29 is 13.3 Å². The van der Waals surface area contributed by atoms with Crippen molar-refractivity contribution in [3.05, 3.63) is 449 Å². The molecule has 0 atom stereocenters. The van der Waals surface area contributed by atoms with Gasteiger partial charge in [-0.3, -0.25) is 29.9 Å². The van der Waals surface area contributed by atoms with E-state index in [9.17, 15) is 0 Å². The third kappa shape index (κ3) is 13.6. The van der Waals surface area contributed by atoms with E-state index < -0.39 is 0 Å². The number of benzene rings is 22. The van der Waals surface area contributed by atoms with Gasteiger partial charge in [-0.25, -0.2) is 0 Å². The Bertz CT molecular complexity index is 9700. The van der Waals surface area contributed by atoms with Crippen LogP contribution in [0.4, 0.5) is 0 Å². The molecule has 6 heterocycles. The minimum atomic E-state index is -0.00930. The van der Waals surface area contributed by atoms with Crippen LogP contribution in [0.1, 0.15) is 26.3 Å². The topological polar surface area (TPSA) is 117 Å². The largest absolute Gasteiger partial charge is 0.455 e. The lowest BCUT2D eigenvalue weighted by Crippen LogP contribution is -2.10. The van der Waals surface area contributed by atoms with E-state index in [2.05, 4.69) is 426 Å². The Morgan fingerprint density at radius 1 is 0.153 bits per heavy atom. The lowest BCUT2D eigenvalue weighted by atomic mass is 9.86. The van der Waals surface area contributed by atoms with Crippen molar-refractivity contribution in [1.29, 1.82) is 0 Å². The van der Waals surface area contributed by atoms with Gasteiger partial charge in [0.25, 0.3) is 0 Å². The van der Waals surface area contributed by atoms with Crippen molar-refractivity contribution in [3.8, 4) is 100 Å². The molecule has 6 aromatic heterocycles. The van der Waals surface area contributed by atoms with Crippen LogP contribution < -0.4 is 0 Å². The zero-order valence-corrected chi connectivity index (χ0v) is 75.1. The number of aromatic nitrogens is 6. The van der Waals surface area contributed by atoms with Crippen molar-refractivity contribution in [3.63, 3.8) is 0 Å². The molecule has 0 fully saturated rings. The normalized spacial score (nSPS) is 11.9. The first-order valence-electron chi connectivity index (χ1n) is 46.5. The Morgan fingerprint density at radius 2 is 0.394 bits per heavy atom. The van der Waals surface area contributed by atoms with Crippen LogP contribution in [0.5, 0.6) is 0 Å². The molecule has 0 unspecified atom stereocenters. The first-order valence-corrected chi connectivity index (χ1v) is 46.5. The van der Waals surface area contributed by atoms with Gasteiger partial charge in [0.1, 0.15) is 33.5 Å². The van der Waals surface area contributed by atoms with E-state index in [1.165, 1.54) is 76.3 Å². The van der Waals surface area contributed by atoms with Crippen LogP contribution in [-0.4, -0.2) is 29.9 Å². The third-order valence-corrected chi connectivity index (χ3v) is 27.6. The molecule has 642 valence electrons. The highest BCUT2D eigenvalue weighted by Gasteiger charge is 2.26. The lowest BCUT2D eigenvalue weighted by molar-refractivity contribution is 0.573. The monoisotopic (exact) mass is 1750 g/mol. The number of fused-ring (bicyclic) bond motifs is 28. The maximum Gasteiger partial charge on any atom is 0.143 e. The molecule has 0 saturated heterocycles. The van der Waals surface area contributed by atoms with Gasteiger partial charge in [0.05, 0.1) is 33.1 Å². The molecule has 0 spiro atoms. The van der Waals surface area contributed by atoms with E-state index in [0.29, 0.717) is 0 Å². The molecule has 0 N–H and O–H groups in total. The van der Waals surface area contributed by atoms with E-state index in [-0.39, 0.29) is 5.41 Å². The van der Waals surface area contributed by atoms with Gasteiger partial charge >= 0.3 is 0 Å². The standard InChI is InChI=1S/C46H28N2O.C44H26N2O.C38H28N2O/c1-2-9-29(10-3-1)30-19-21-31(22-20-30)35-15-7-17-40-41-18-8-16-36(46(41)49-45(35)40)34-12-6-11-32(27-34)33-23-24-39-42(28-33)37-13-4-5-14-38(37)43-44(39)48-26-25-47-43;1-2-13-31-27(9-1)10-6-17-33(31)37-18-8-20-39-38-19-7-16-32(43(38)47-44(37)39)30-12-5-11-28(25-30)29-21-22-36-40(26-29)34-14-3-4-15-35(34)41-42(36)46-24-23-45-41;1-38(2,3)33-16-8-15-31-30-14-7-13-26(36(30)41-37(31)33)25-10-6-9-23(21-25)24-17-18-29-32(22-24)27-11-4-5-12-28(27)34-35(29)40-20-19-39-34/h1-28H;1-26H;4-22H,1-3H3. The Morgan fingerprint density at radius 3 is 0.788 bits per heavy atom. The number of rotatable bonds is 9. The molecule has 137 heavy (non-hydrogen) atoms. The Hall–Kier alpha value is -17.9. The van der Waals surface area contributed by atoms with E-state index in [0.717, 1.165) is 204 Å². The SMILES string of the molecule is CC(C)(C)c1cccc2c1oc1c(-c3cccc(-c4ccc5c(c4)c4ccccc4c4nccnc54)c3)cccc12.c1cc(-c2ccc3c(c2)c2ccccc2c2nccnc32)cc(-c2cccc3c2oc2c(-c4cccc5ccccc45)cccc23)c1.c1ccc(-c2ccc(-c3cccc4c3oc3c(-c5cccc(-c6ccc7c(c6)c6ccccc6c6nccnc76)c5)cccc34)cc2)cc1. The summed E-state index contributed by atoms with van der Waals surface area (Å²) in [5.74, 6) is 0. The maximum atomic E-state index is 6.85. The molecule has 0 aliphatic heterocycles. The highest BCUT2D eigenvalue weighted by atomic mass is 16.3. The number of nitrogens with zero attached hydrogens (tertiary/aromatic N) is 6. The van der Waals surface area contributed by atoms with Gasteiger partial charge < -0.3 is 13.3 Å². The summed E-state index contributed by atoms with van der Waals surface area (Å²) in [6.07, 6.45) is 10.6. The van der Waals surface area contributed by atoms with Crippen LogP contribution in [0.2, 0.25) is 0 Å². The van der Waals surface area contributed by atoms with Gasteiger partial charge in [-0.05, 0) is 157 Å². The molecular weight excluding hydrogens is 1670 g/mol. The van der Waals surface area contributed by atoms with Crippen LogP contribution in [0.15, 0.2) is 457 Å². The van der Waals surface area contributed by atoms with Crippen molar-refractivity contribution >= 4 is 174 Å². The Kier molecular flexibility index (Phi) is 19.0. The molecular formula is C128H82N6O3. The van der Waals surface area contributed by atoms with Gasteiger partial charge in [-0.2, -0.15) is 0 Å². The minimum absolute atomic E-state index is 0.00930. The second kappa shape index (κ2) is 32.5. The van der Waals surface area contributed by atoms with Crippen LogP contribution in [0.25, 0.3) is 274 Å². The number of para-hydroxylation sites is 6. The van der Waals surface area contributed by atoms with Crippen LogP contribution >= 0.6 is 0 Å². The predicted molar refractivity (Wildman–Crippen MR) is 571 cm³/mol. The van der Waals surface area contributed by atoms with E-state index in [4.69, 9.17) is 38.2 Å². The van der Waals surface area contributed by atoms with Gasteiger partial charge in [0.2, 0.25) is 0 Å². The number of furan rings is 3. The highest BCUT2D eigenvalue weighted by molar-refractivity contribution is 6.27. The number of hydrogen-bond donors (Lipinski definition) is 0. The molecule has 0 bridgehead atoms. The Labute approximate surface area is 787 Å². The average molecular weight is 1750 g/mol. The second-order valence-corrected chi connectivity index (χ2v) is 36.5. The zero-order valence-electron chi connectivity index (χ0n) is 75.1. The summed E-state index contributed by atoms with van der Waals surface area (Å²) in [4.78, 5) is 28.2. The molecule has 22 aromatic carbocycles. The molecule has 28 rings (SSSR count). The minimum Gasteiger partial charge on any atom is -0.455 e. The lowest BCUT2D eigenvalue weighted by Gasteiger charge is -2.18. The van der Waals surface area contributed by atoms with Crippen molar-refractivity contribution in [1.82, 2.24) is 29.9 Å². The van der Waals surface area contributed by atoms with Crippen molar-refractivity contribution in [2.24, 2.45) is 0 Å². The summed E-state index contributed by atoms with van der Waals surface area (Å²) >= 11 is 0. The summed E-state index contributed by atoms with van der Waals surface area (Å²) in [6, 6.07) is 145. The quantitative estimate of drug-likeness (QED) is 0.130. The molecule has 9 heteroatoms. The van der Waals surface area contributed by atoms with Crippen LogP contribution in [0, 0.1) is 0 Å². The Balaban J connectivity index is 0.000000107.